The number of aromatic nitrogens is 1. The Hall–Kier alpha value is -2.34. The Morgan fingerprint density at radius 2 is 1.89 bits per heavy atom. The van der Waals surface area contributed by atoms with Crippen molar-refractivity contribution >= 4 is 11.5 Å². The van der Waals surface area contributed by atoms with E-state index < -0.39 is 0 Å². The summed E-state index contributed by atoms with van der Waals surface area (Å²) in [5.74, 6) is 0.886. The molecule has 0 spiro atoms. The van der Waals surface area contributed by atoms with E-state index in [2.05, 4.69) is 16.0 Å². The summed E-state index contributed by atoms with van der Waals surface area (Å²) in [4.78, 5) is 6.59. The van der Waals surface area contributed by atoms with Gasteiger partial charge in [0, 0.05) is 17.9 Å². The zero-order valence-corrected chi connectivity index (χ0v) is 10.4. The quantitative estimate of drug-likeness (QED) is 0.817. The molecule has 0 radical (unpaired) electrons. The van der Waals surface area contributed by atoms with Gasteiger partial charge in [0.05, 0.1) is 12.5 Å². The maximum atomic E-state index is 8.77. The van der Waals surface area contributed by atoms with Crippen LogP contribution in [0, 0.1) is 18.3 Å². The molecule has 0 saturated heterocycles. The molecule has 0 aliphatic heterocycles. The standard InChI is InChI=1S/C15H15N3/c1-13-7-5-10-15(17-13)18(12-6-11-16)14-8-3-2-4-9-14/h2-5,7-10H,6,12H2,1H3. The minimum absolute atomic E-state index is 0.477. The second-order valence-corrected chi connectivity index (χ2v) is 4.03. The van der Waals surface area contributed by atoms with Gasteiger partial charge in [-0.3, -0.25) is 0 Å². The van der Waals surface area contributed by atoms with E-state index in [0.717, 1.165) is 17.2 Å². The van der Waals surface area contributed by atoms with E-state index in [4.69, 9.17) is 5.26 Å². The Labute approximate surface area is 107 Å². The number of rotatable bonds is 4. The lowest BCUT2D eigenvalue weighted by atomic mass is 10.2. The number of anilines is 2. The molecule has 0 unspecified atom stereocenters. The summed E-state index contributed by atoms with van der Waals surface area (Å²) in [6, 6.07) is 18.1. The van der Waals surface area contributed by atoms with Crippen molar-refractivity contribution in [3.63, 3.8) is 0 Å². The van der Waals surface area contributed by atoms with Crippen LogP contribution >= 0.6 is 0 Å². The normalized spacial score (nSPS) is 9.78. The molecule has 0 aliphatic rings. The van der Waals surface area contributed by atoms with Crippen molar-refractivity contribution in [2.75, 3.05) is 11.4 Å². The van der Waals surface area contributed by atoms with Crippen molar-refractivity contribution in [2.24, 2.45) is 0 Å². The van der Waals surface area contributed by atoms with Gasteiger partial charge in [-0.2, -0.15) is 5.26 Å². The summed E-state index contributed by atoms with van der Waals surface area (Å²) < 4.78 is 0. The first-order valence-corrected chi connectivity index (χ1v) is 5.94. The molecular formula is C15H15N3. The summed E-state index contributed by atoms with van der Waals surface area (Å²) in [6.45, 7) is 2.62. The molecule has 0 amide bonds. The van der Waals surface area contributed by atoms with Crippen LogP contribution in [0.5, 0.6) is 0 Å². The number of benzene rings is 1. The van der Waals surface area contributed by atoms with Crippen LogP contribution in [0.1, 0.15) is 12.1 Å². The number of pyridine rings is 1. The molecule has 3 nitrogen and oxygen atoms in total. The number of nitriles is 1. The summed E-state index contributed by atoms with van der Waals surface area (Å²) in [6.07, 6.45) is 0.477. The molecule has 1 heterocycles. The van der Waals surface area contributed by atoms with Crippen LogP contribution in [-0.4, -0.2) is 11.5 Å². The maximum absolute atomic E-state index is 8.77. The second-order valence-electron chi connectivity index (χ2n) is 4.03. The van der Waals surface area contributed by atoms with E-state index in [1.165, 1.54) is 0 Å². The SMILES string of the molecule is Cc1cccc(N(CCC#N)c2ccccc2)n1. The van der Waals surface area contributed by atoms with E-state index in [9.17, 15) is 0 Å². The van der Waals surface area contributed by atoms with Crippen molar-refractivity contribution in [3.8, 4) is 6.07 Å². The molecule has 0 saturated carbocycles. The third kappa shape index (κ3) is 2.86. The topological polar surface area (TPSA) is 39.9 Å². The summed E-state index contributed by atoms with van der Waals surface area (Å²) in [7, 11) is 0. The van der Waals surface area contributed by atoms with Gasteiger partial charge in [-0.25, -0.2) is 4.98 Å². The molecule has 18 heavy (non-hydrogen) atoms. The Balaban J connectivity index is 2.34. The molecular weight excluding hydrogens is 222 g/mol. The highest BCUT2D eigenvalue weighted by atomic mass is 15.2. The molecule has 3 heteroatoms. The predicted octanol–water partition coefficient (Wildman–Crippen LogP) is 3.44. The molecule has 0 bridgehead atoms. The van der Waals surface area contributed by atoms with E-state index in [-0.39, 0.29) is 0 Å². The number of hydrogen-bond acceptors (Lipinski definition) is 3. The highest BCUT2D eigenvalue weighted by molar-refractivity contribution is 5.59. The maximum Gasteiger partial charge on any atom is 0.133 e. The van der Waals surface area contributed by atoms with Gasteiger partial charge < -0.3 is 4.90 Å². The minimum atomic E-state index is 0.477. The van der Waals surface area contributed by atoms with Crippen LogP contribution in [-0.2, 0) is 0 Å². The van der Waals surface area contributed by atoms with Crippen molar-refractivity contribution in [2.45, 2.75) is 13.3 Å². The monoisotopic (exact) mass is 237 g/mol. The Morgan fingerprint density at radius 3 is 2.56 bits per heavy atom. The van der Waals surface area contributed by atoms with Crippen LogP contribution in [0.2, 0.25) is 0 Å². The van der Waals surface area contributed by atoms with Crippen LogP contribution in [0.15, 0.2) is 48.5 Å². The van der Waals surface area contributed by atoms with E-state index >= 15 is 0 Å². The summed E-state index contributed by atoms with van der Waals surface area (Å²) in [5.41, 5.74) is 2.04. The van der Waals surface area contributed by atoms with E-state index in [1.54, 1.807) is 0 Å². The smallest absolute Gasteiger partial charge is 0.133 e. The van der Waals surface area contributed by atoms with Crippen LogP contribution in [0.3, 0.4) is 0 Å². The molecule has 90 valence electrons. The zero-order chi connectivity index (χ0) is 12.8. The number of aryl methyl sites for hydroxylation is 1. The van der Waals surface area contributed by atoms with Crippen LogP contribution in [0.4, 0.5) is 11.5 Å². The van der Waals surface area contributed by atoms with Crippen molar-refractivity contribution in [1.29, 1.82) is 5.26 Å². The minimum Gasteiger partial charge on any atom is -0.325 e. The molecule has 1 aromatic heterocycles. The second kappa shape index (κ2) is 5.83. The van der Waals surface area contributed by atoms with Gasteiger partial charge in [0.1, 0.15) is 5.82 Å². The molecule has 0 N–H and O–H groups in total. The van der Waals surface area contributed by atoms with E-state index in [1.807, 2.05) is 55.5 Å². The fourth-order valence-corrected chi connectivity index (χ4v) is 1.82. The third-order valence-electron chi connectivity index (χ3n) is 2.67. The van der Waals surface area contributed by atoms with Crippen molar-refractivity contribution in [3.05, 3.63) is 54.2 Å². The highest BCUT2D eigenvalue weighted by Crippen LogP contribution is 2.23. The first kappa shape index (κ1) is 12.1. The lowest BCUT2D eigenvalue weighted by Gasteiger charge is -2.23. The van der Waals surface area contributed by atoms with Crippen LogP contribution in [0.25, 0.3) is 0 Å². The summed E-state index contributed by atoms with van der Waals surface area (Å²) >= 11 is 0. The lowest BCUT2D eigenvalue weighted by Crippen LogP contribution is -2.19. The van der Waals surface area contributed by atoms with Gasteiger partial charge in [-0.15, -0.1) is 0 Å². The first-order chi connectivity index (χ1) is 8.81. The van der Waals surface area contributed by atoms with Gasteiger partial charge in [-0.1, -0.05) is 24.3 Å². The average molecular weight is 237 g/mol. The highest BCUT2D eigenvalue weighted by Gasteiger charge is 2.09. The Morgan fingerprint density at radius 1 is 1.11 bits per heavy atom. The van der Waals surface area contributed by atoms with Crippen molar-refractivity contribution in [1.82, 2.24) is 4.98 Å². The van der Waals surface area contributed by atoms with Crippen LogP contribution < -0.4 is 4.90 Å². The van der Waals surface area contributed by atoms with Gasteiger partial charge in [0.2, 0.25) is 0 Å². The molecule has 0 aliphatic carbocycles. The first-order valence-electron chi connectivity index (χ1n) is 5.94. The molecule has 2 rings (SSSR count). The third-order valence-corrected chi connectivity index (χ3v) is 2.67. The molecule has 0 atom stereocenters. The number of para-hydroxylation sites is 1. The number of hydrogen-bond donors (Lipinski definition) is 0. The average Bonchev–Trinajstić information content (AvgIpc) is 2.40. The lowest BCUT2D eigenvalue weighted by molar-refractivity contribution is 0.921. The molecule has 2 aromatic rings. The van der Waals surface area contributed by atoms with Gasteiger partial charge in [-0.05, 0) is 31.2 Å². The summed E-state index contributed by atoms with van der Waals surface area (Å²) in [5, 5.41) is 8.77. The Bertz CT molecular complexity index is 543. The molecule has 1 aromatic carbocycles. The van der Waals surface area contributed by atoms with Gasteiger partial charge >= 0.3 is 0 Å². The molecule has 0 fully saturated rings. The number of nitrogens with zero attached hydrogens (tertiary/aromatic N) is 3. The van der Waals surface area contributed by atoms with Gasteiger partial charge in [0.25, 0.3) is 0 Å². The fraction of sp³-hybridized carbons (Fsp3) is 0.200. The van der Waals surface area contributed by atoms with E-state index in [0.29, 0.717) is 13.0 Å². The fourth-order valence-electron chi connectivity index (χ4n) is 1.82. The van der Waals surface area contributed by atoms with Gasteiger partial charge in [0.15, 0.2) is 0 Å². The predicted molar refractivity (Wildman–Crippen MR) is 72.7 cm³/mol. The zero-order valence-electron chi connectivity index (χ0n) is 10.4. The Kier molecular flexibility index (Phi) is 3.93. The van der Waals surface area contributed by atoms with Crippen molar-refractivity contribution < 1.29 is 0 Å². The largest absolute Gasteiger partial charge is 0.325 e.